The van der Waals surface area contributed by atoms with Crippen LogP contribution in [-0.4, -0.2) is 19.9 Å². The molecule has 0 aliphatic heterocycles. The van der Waals surface area contributed by atoms with E-state index in [0.29, 0.717) is 33.0 Å². The molecule has 4 rings (SSSR count). The Hall–Kier alpha value is -2.91. The highest BCUT2D eigenvalue weighted by atomic mass is 79.9. The lowest BCUT2D eigenvalue weighted by atomic mass is 10.2. The first kappa shape index (κ1) is 20.4. The molecule has 0 spiro atoms. The van der Waals surface area contributed by atoms with Gasteiger partial charge in [0.1, 0.15) is 12.4 Å². The van der Waals surface area contributed by atoms with Gasteiger partial charge in [0.15, 0.2) is 5.16 Å². The van der Waals surface area contributed by atoms with Gasteiger partial charge in [0.05, 0.1) is 26.1 Å². The van der Waals surface area contributed by atoms with Gasteiger partial charge in [-0.1, -0.05) is 42.1 Å². The summed E-state index contributed by atoms with van der Waals surface area (Å²) in [5.41, 5.74) is 4.28. The van der Waals surface area contributed by atoms with E-state index in [9.17, 15) is 10.1 Å². The first-order chi connectivity index (χ1) is 14.5. The van der Waals surface area contributed by atoms with Crippen LogP contribution in [0.4, 0.5) is 5.69 Å². The number of aromatic nitrogens is 3. The van der Waals surface area contributed by atoms with E-state index >= 15 is 0 Å². The molecule has 30 heavy (non-hydrogen) atoms. The number of H-pyrrole nitrogens is 1. The number of hydrogen-bond donors (Lipinski definition) is 1. The van der Waals surface area contributed by atoms with Gasteiger partial charge in [0, 0.05) is 23.6 Å². The SMILES string of the molecule is Cc1c(OCc2ccccc2)ccnc1CSc1nc2cc(Br)c([N+](=O)[O-])cc2[nH]1. The number of fused-ring (bicyclic) bond motifs is 1. The molecule has 0 saturated carbocycles. The van der Waals surface area contributed by atoms with Crippen LogP contribution in [-0.2, 0) is 12.4 Å². The van der Waals surface area contributed by atoms with Crippen LogP contribution in [0.25, 0.3) is 11.0 Å². The van der Waals surface area contributed by atoms with E-state index in [0.717, 1.165) is 22.6 Å². The van der Waals surface area contributed by atoms with E-state index in [1.165, 1.54) is 17.8 Å². The molecule has 1 N–H and O–H groups in total. The topological polar surface area (TPSA) is 93.9 Å². The van der Waals surface area contributed by atoms with Gasteiger partial charge in [0.2, 0.25) is 0 Å². The smallest absolute Gasteiger partial charge is 0.285 e. The van der Waals surface area contributed by atoms with E-state index in [1.807, 2.05) is 43.3 Å². The minimum atomic E-state index is -0.425. The number of hydrogen-bond acceptors (Lipinski definition) is 6. The molecule has 2 heterocycles. The number of nitro benzene ring substituents is 1. The highest BCUT2D eigenvalue weighted by molar-refractivity contribution is 9.10. The number of aromatic amines is 1. The molecule has 4 aromatic rings. The van der Waals surface area contributed by atoms with Crippen molar-refractivity contribution in [2.24, 2.45) is 0 Å². The Morgan fingerprint density at radius 2 is 2.03 bits per heavy atom. The zero-order chi connectivity index (χ0) is 21.1. The summed E-state index contributed by atoms with van der Waals surface area (Å²) in [7, 11) is 0. The average molecular weight is 485 g/mol. The fourth-order valence-corrected chi connectivity index (χ4v) is 4.32. The monoisotopic (exact) mass is 484 g/mol. The molecule has 0 aliphatic rings. The molecule has 0 bridgehead atoms. The summed E-state index contributed by atoms with van der Waals surface area (Å²) in [5.74, 6) is 1.39. The molecule has 152 valence electrons. The van der Waals surface area contributed by atoms with E-state index < -0.39 is 4.92 Å². The van der Waals surface area contributed by atoms with Crippen molar-refractivity contribution >= 4 is 44.4 Å². The predicted molar refractivity (Wildman–Crippen MR) is 120 cm³/mol. The predicted octanol–water partition coefficient (Wildman–Crippen LogP) is 5.81. The molecule has 0 saturated heterocycles. The third-order valence-corrected chi connectivity index (χ3v) is 6.09. The molecule has 0 radical (unpaired) electrons. The van der Waals surface area contributed by atoms with Gasteiger partial charge in [-0.2, -0.15) is 0 Å². The quantitative estimate of drug-likeness (QED) is 0.202. The van der Waals surface area contributed by atoms with Crippen molar-refractivity contribution in [2.75, 3.05) is 0 Å². The first-order valence-corrected chi connectivity index (χ1v) is 10.9. The van der Waals surface area contributed by atoms with Crippen LogP contribution in [0.2, 0.25) is 0 Å². The molecule has 0 amide bonds. The van der Waals surface area contributed by atoms with Crippen LogP contribution in [0.15, 0.2) is 64.4 Å². The van der Waals surface area contributed by atoms with Crippen molar-refractivity contribution < 1.29 is 9.66 Å². The Kier molecular flexibility index (Phi) is 6.01. The molecule has 7 nitrogen and oxygen atoms in total. The van der Waals surface area contributed by atoms with Crippen molar-refractivity contribution in [3.63, 3.8) is 0 Å². The van der Waals surface area contributed by atoms with E-state index in [2.05, 4.69) is 30.9 Å². The molecule has 9 heteroatoms. The highest BCUT2D eigenvalue weighted by Gasteiger charge is 2.16. The number of benzene rings is 2. The zero-order valence-corrected chi connectivity index (χ0v) is 18.4. The van der Waals surface area contributed by atoms with Crippen molar-refractivity contribution in [3.05, 3.63) is 86.1 Å². The summed E-state index contributed by atoms with van der Waals surface area (Å²) < 4.78 is 6.38. The summed E-state index contributed by atoms with van der Waals surface area (Å²) in [6.07, 6.45) is 1.74. The minimum Gasteiger partial charge on any atom is -0.489 e. The van der Waals surface area contributed by atoms with Crippen molar-refractivity contribution in [1.82, 2.24) is 15.0 Å². The second-order valence-electron chi connectivity index (χ2n) is 6.56. The second kappa shape index (κ2) is 8.85. The van der Waals surface area contributed by atoms with Gasteiger partial charge in [-0.3, -0.25) is 15.1 Å². The third kappa shape index (κ3) is 4.47. The number of ether oxygens (including phenoxy) is 1. The summed E-state index contributed by atoms with van der Waals surface area (Å²) in [5, 5.41) is 11.8. The summed E-state index contributed by atoms with van der Waals surface area (Å²) in [4.78, 5) is 22.8. The number of thioether (sulfide) groups is 1. The number of nitrogens with one attached hydrogen (secondary N) is 1. The molecule has 0 aliphatic carbocycles. The van der Waals surface area contributed by atoms with Crippen LogP contribution in [0.5, 0.6) is 5.75 Å². The molecule has 2 aromatic carbocycles. The van der Waals surface area contributed by atoms with E-state index in [4.69, 9.17) is 4.74 Å². The first-order valence-electron chi connectivity index (χ1n) is 9.09. The number of halogens is 1. The van der Waals surface area contributed by atoms with Gasteiger partial charge in [0.25, 0.3) is 5.69 Å². The van der Waals surface area contributed by atoms with Gasteiger partial charge in [-0.25, -0.2) is 4.98 Å². The van der Waals surface area contributed by atoms with Crippen LogP contribution >= 0.6 is 27.7 Å². The molecular weight excluding hydrogens is 468 g/mol. The second-order valence-corrected chi connectivity index (χ2v) is 8.38. The summed E-state index contributed by atoms with van der Waals surface area (Å²) >= 11 is 4.71. The number of imidazole rings is 1. The van der Waals surface area contributed by atoms with E-state index in [-0.39, 0.29) is 5.69 Å². The Labute approximate surface area is 185 Å². The third-order valence-electron chi connectivity index (χ3n) is 4.57. The van der Waals surface area contributed by atoms with Crippen molar-refractivity contribution in [2.45, 2.75) is 24.4 Å². The van der Waals surface area contributed by atoms with Gasteiger partial charge >= 0.3 is 0 Å². The molecule has 0 atom stereocenters. The van der Waals surface area contributed by atoms with Crippen LogP contribution in [0.3, 0.4) is 0 Å². The summed E-state index contributed by atoms with van der Waals surface area (Å²) in [6, 6.07) is 15.0. The van der Waals surface area contributed by atoms with E-state index in [1.54, 1.807) is 12.3 Å². The maximum absolute atomic E-state index is 11.1. The highest BCUT2D eigenvalue weighted by Crippen LogP contribution is 2.32. The average Bonchev–Trinajstić information content (AvgIpc) is 3.13. The van der Waals surface area contributed by atoms with Crippen LogP contribution < -0.4 is 4.74 Å². The Bertz CT molecular complexity index is 1210. The lowest BCUT2D eigenvalue weighted by Gasteiger charge is -2.11. The normalized spacial score (nSPS) is 11.0. The molecular formula is C21H17BrN4O3S. The van der Waals surface area contributed by atoms with Crippen LogP contribution in [0.1, 0.15) is 16.8 Å². The number of nitrogens with zero attached hydrogens (tertiary/aromatic N) is 3. The standard InChI is InChI=1S/C21H17BrN4O3S/c1-13-18(23-8-7-20(13)29-11-14-5-3-2-4-6-14)12-30-21-24-16-9-15(22)19(26(27)28)10-17(16)25-21/h2-10H,11-12H2,1H3,(H,24,25). The zero-order valence-electron chi connectivity index (χ0n) is 16.0. The maximum Gasteiger partial charge on any atom is 0.285 e. The van der Waals surface area contributed by atoms with Gasteiger partial charge in [-0.15, -0.1) is 0 Å². The maximum atomic E-state index is 11.1. The Morgan fingerprint density at radius 1 is 1.23 bits per heavy atom. The molecule has 0 fully saturated rings. The fourth-order valence-electron chi connectivity index (χ4n) is 2.94. The van der Waals surface area contributed by atoms with Crippen LogP contribution in [0, 0.1) is 17.0 Å². The van der Waals surface area contributed by atoms with Gasteiger partial charge < -0.3 is 9.72 Å². The van der Waals surface area contributed by atoms with Gasteiger partial charge in [-0.05, 0) is 40.5 Å². The Balaban J connectivity index is 1.47. The summed E-state index contributed by atoms with van der Waals surface area (Å²) in [6.45, 7) is 2.48. The number of pyridine rings is 1. The molecule has 2 aromatic heterocycles. The Morgan fingerprint density at radius 3 is 2.80 bits per heavy atom. The fraction of sp³-hybridized carbons (Fsp3) is 0.143. The number of nitro groups is 1. The lowest BCUT2D eigenvalue weighted by molar-refractivity contribution is -0.385. The van der Waals surface area contributed by atoms with Crippen molar-refractivity contribution in [1.29, 1.82) is 0 Å². The van der Waals surface area contributed by atoms with Crippen molar-refractivity contribution in [3.8, 4) is 5.75 Å². The molecule has 0 unspecified atom stereocenters. The lowest BCUT2D eigenvalue weighted by Crippen LogP contribution is -2.00. The number of rotatable bonds is 7. The largest absolute Gasteiger partial charge is 0.489 e. The minimum absolute atomic E-state index is 0.00322.